The number of hydrogen-bond donors (Lipinski definition) is 1. The highest BCUT2D eigenvalue weighted by molar-refractivity contribution is 5.38. The van der Waals surface area contributed by atoms with Crippen molar-refractivity contribution in [3.05, 3.63) is 52.6 Å². The van der Waals surface area contributed by atoms with Crippen LogP contribution in [-0.2, 0) is 13.6 Å². The van der Waals surface area contributed by atoms with Crippen LogP contribution in [0.25, 0.3) is 0 Å². The molecule has 0 bridgehead atoms. The fourth-order valence-electron chi connectivity index (χ4n) is 2.37. The highest BCUT2D eigenvalue weighted by Crippen LogP contribution is 2.21. The van der Waals surface area contributed by atoms with Crippen LogP contribution in [0.3, 0.4) is 0 Å². The minimum absolute atomic E-state index is 0.330. The Morgan fingerprint density at radius 1 is 1.16 bits per heavy atom. The minimum Gasteiger partial charge on any atom is -0.337 e. The number of hydrogen-bond acceptors (Lipinski definition) is 2. The third-order valence-electron chi connectivity index (χ3n) is 3.84. The molecule has 0 aliphatic heterocycles. The van der Waals surface area contributed by atoms with Crippen LogP contribution < -0.4 is 5.32 Å². The molecule has 0 fully saturated rings. The summed E-state index contributed by atoms with van der Waals surface area (Å²) < 4.78 is 2.05. The van der Waals surface area contributed by atoms with E-state index in [1.165, 1.54) is 22.3 Å². The number of aryl methyl sites for hydroxylation is 4. The second kappa shape index (κ2) is 5.57. The number of benzene rings is 1. The van der Waals surface area contributed by atoms with Gasteiger partial charge in [0.15, 0.2) is 0 Å². The van der Waals surface area contributed by atoms with E-state index in [4.69, 9.17) is 0 Å². The first kappa shape index (κ1) is 13.8. The minimum atomic E-state index is 0.330. The lowest BCUT2D eigenvalue weighted by molar-refractivity contribution is 0.547. The van der Waals surface area contributed by atoms with Gasteiger partial charge in [-0.2, -0.15) is 0 Å². The van der Waals surface area contributed by atoms with E-state index >= 15 is 0 Å². The van der Waals surface area contributed by atoms with Gasteiger partial charge in [-0.3, -0.25) is 0 Å². The maximum absolute atomic E-state index is 4.34. The Labute approximate surface area is 115 Å². The average Bonchev–Trinajstić information content (AvgIpc) is 2.76. The van der Waals surface area contributed by atoms with E-state index in [0.717, 1.165) is 12.4 Å². The summed E-state index contributed by atoms with van der Waals surface area (Å²) in [5.41, 5.74) is 5.43. The van der Waals surface area contributed by atoms with Gasteiger partial charge in [0, 0.05) is 25.5 Å². The van der Waals surface area contributed by atoms with Crippen molar-refractivity contribution >= 4 is 0 Å². The molecule has 1 heterocycles. The molecule has 1 unspecified atom stereocenters. The van der Waals surface area contributed by atoms with Crippen molar-refractivity contribution in [2.75, 3.05) is 0 Å². The van der Waals surface area contributed by atoms with E-state index in [1.807, 2.05) is 24.0 Å². The average molecular weight is 257 g/mol. The molecule has 19 heavy (non-hydrogen) atoms. The molecule has 3 nitrogen and oxygen atoms in total. The molecule has 2 rings (SSSR count). The number of imidazole rings is 1. The molecule has 2 aromatic rings. The lowest BCUT2D eigenvalue weighted by Gasteiger charge is -2.18. The predicted octanol–water partition coefficient (Wildman–Crippen LogP) is 3.20. The van der Waals surface area contributed by atoms with E-state index in [9.17, 15) is 0 Å². The zero-order valence-corrected chi connectivity index (χ0v) is 12.5. The first-order valence-electron chi connectivity index (χ1n) is 6.76. The Hall–Kier alpha value is -1.61. The number of nitrogens with zero attached hydrogens (tertiary/aromatic N) is 2. The molecule has 0 aliphatic rings. The van der Waals surface area contributed by atoms with Gasteiger partial charge in [0.2, 0.25) is 0 Å². The second-order valence-electron chi connectivity index (χ2n) is 5.35. The molecule has 0 aliphatic carbocycles. The molecule has 0 radical (unpaired) electrons. The third kappa shape index (κ3) is 3.04. The zero-order valence-electron chi connectivity index (χ0n) is 12.5. The van der Waals surface area contributed by atoms with Crippen molar-refractivity contribution in [1.82, 2.24) is 14.9 Å². The normalized spacial score (nSPS) is 12.7. The molecule has 0 amide bonds. The van der Waals surface area contributed by atoms with E-state index in [2.05, 4.69) is 50.1 Å². The largest absolute Gasteiger partial charge is 0.337 e. The molecule has 0 spiro atoms. The SMILES string of the molecule is Cc1cc(C)c(C(C)NCc2nccn2C)cc1C. The van der Waals surface area contributed by atoms with Gasteiger partial charge < -0.3 is 9.88 Å². The Kier molecular flexibility index (Phi) is 4.05. The van der Waals surface area contributed by atoms with Crippen molar-refractivity contribution in [2.45, 2.75) is 40.3 Å². The van der Waals surface area contributed by atoms with Crippen molar-refractivity contribution in [1.29, 1.82) is 0 Å². The summed E-state index contributed by atoms with van der Waals surface area (Å²) in [6.45, 7) is 9.51. The van der Waals surface area contributed by atoms with Gasteiger partial charge in [0.1, 0.15) is 5.82 Å². The summed E-state index contributed by atoms with van der Waals surface area (Å²) in [5.74, 6) is 1.06. The number of nitrogens with one attached hydrogen (secondary N) is 1. The van der Waals surface area contributed by atoms with Gasteiger partial charge >= 0.3 is 0 Å². The summed E-state index contributed by atoms with van der Waals surface area (Å²) in [4.78, 5) is 4.34. The van der Waals surface area contributed by atoms with Crippen LogP contribution in [0.5, 0.6) is 0 Å². The Balaban J connectivity index is 2.10. The Morgan fingerprint density at radius 2 is 1.84 bits per heavy atom. The fourth-order valence-corrected chi connectivity index (χ4v) is 2.37. The van der Waals surface area contributed by atoms with E-state index in [0.29, 0.717) is 6.04 Å². The first-order chi connectivity index (χ1) is 8.99. The van der Waals surface area contributed by atoms with E-state index in [-0.39, 0.29) is 0 Å². The van der Waals surface area contributed by atoms with Crippen molar-refractivity contribution in [3.63, 3.8) is 0 Å². The van der Waals surface area contributed by atoms with Crippen molar-refractivity contribution in [3.8, 4) is 0 Å². The zero-order chi connectivity index (χ0) is 14.0. The lowest BCUT2D eigenvalue weighted by Crippen LogP contribution is -2.21. The van der Waals surface area contributed by atoms with E-state index < -0.39 is 0 Å². The molecule has 102 valence electrons. The van der Waals surface area contributed by atoms with Gasteiger partial charge in [0.05, 0.1) is 6.54 Å². The van der Waals surface area contributed by atoms with Gasteiger partial charge in [-0.15, -0.1) is 0 Å². The summed E-state index contributed by atoms with van der Waals surface area (Å²) >= 11 is 0. The molecule has 0 saturated carbocycles. The van der Waals surface area contributed by atoms with Crippen LogP contribution in [0.2, 0.25) is 0 Å². The first-order valence-corrected chi connectivity index (χ1v) is 6.76. The fraction of sp³-hybridized carbons (Fsp3) is 0.438. The Morgan fingerprint density at radius 3 is 2.47 bits per heavy atom. The lowest BCUT2D eigenvalue weighted by atomic mass is 9.96. The summed E-state index contributed by atoms with van der Waals surface area (Å²) in [6, 6.07) is 4.89. The molecule has 1 N–H and O–H groups in total. The monoisotopic (exact) mass is 257 g/mol. The molecule has 3 heteroatoms. The van der Waals surface area contributed by atoms with Gasteiger partial charge in [-0.05, 0) is 49.9 Å². The number of rotatable bonds is 4. The van der Waals surface area contributed by atoms with Gasteiger partial charge in [-0.1, -0.05) is 12.1 Å². The van der Waals surface area contributed by atoms with Crippen LogP contribution in [0.1, 0.15) is 41.0 Å². The van der Waals surface area contributed by atoms with Crippen LogP contribution in [0.15, 0.2) is 24.5 Å². The maximum Gasteiger partial charge on any atom is 0.122 e. The standard InChI is InChI=1S/C16H23N3/c1-11-8-13(3)15(9-12(11)2)14(4)18-10-16-17-6-7-19(16)5/h6-9,14,18H,10H2,1-5H3. The molecular weight excluding hydrogens is 234 g/mol. The molecule has 0 saturated heterocycles. The summed E-state index contributed by atoms with van der Waals surface area (Å²) in [6.07, 6.45) is 3.81. The smallest absolute Gasteiger partial charge is 0.122 e. The molecule has 1 atom stereocenters. The molecule has 1 aromatic carbocycles. The quantitative estimate of drug-likeness (QED) is 0.911. The summed E-state index contributed by atoms with van der Waals surface area (Å²) in [7, 11) is 2.02. The van der Waals surface area contributed by atoms with Gasteiger partial charge in [0.25, 0.3) is 0 Å². The van der Waals surface area contributed by atoms with E-state index in [1.54, 1.807) is 0 Å². The predicted molar refractivity (Wildman–Crippen MR) is 79.1 cm³/mol. The highest BCUT2D eigenvalue weighted by Gasteiger charge is 2.10. The van der Waals surface area contributed by atoms with Crippen molar-refractivity contribution < 1.29 is 0 Å². The van der Waals surface area contributed by atoms with Crippen LogP contribution in [0, 0.1) is 20.8 Å². The van der Waals surface area contributed by atoms with Crippen LogP contribution >= 0.6 is 0 Å². The van der Waals surface area contributed by atoms with Crippen LogP contribution in [0.4, 0.5) is 0 Å². The molecular formula is C16H23N3. The number of aromatic nitrogens is 2. The van der Waals surface area contributed by atoms with Crippen LogP contribution in [-0.4, -0.2) is 9.55 Å². The third-order valence-corrected chi connectivity index (χ3v) is 3.84. The topological polar surface area (TPSA) is 29.9 Å². The molecule has 1 aromatic heterocycles. The maximum atomic E-state index is 4.34. The highest BCUT2D eigenvalue weighted by atomic mass is 15.1. The summed E-state index contributed by atoms with van der Waals surface area (Å²) in [5, 5.41) is 3.55. The Bertz CT molecular complexity index is 569. The second-order valence-corrected chi connectivity index (χ2v) is 5.35. The van der Waals surface area contributed by atoms with Gasteiger partial charge in [-0.25, -0.2) is 4.98 Å². The van der Waals surface area contributed by atoms with Crippen molar-refractivity contribution in [2.24, 2.45) is 7.05 Å².